The van der Waals surface area contributed by atoms with Crippen molar-refractivity contribution in [2.45, 2.75) is 12.5 Å². The number of rotatable bonds is 2. The van der Waals surface area contributed by atoms with Gasteiger partial charge in [-0.25, -0.2) is 0 Å². The molecular formula is C10H12N4O3. The van der Waals surface area contributed by atoms with E-state index < -0.39 is 4.92 Å². The van der Waals surface area contributed by atoms with Crippen LogP contribution in [0, 0.1) is 10.1 Å². The Kier molecular flexibility index (Phi) is 2.68. The minimum absolute atomic E-state index is 0.0000463. The van der Waals surface area contributed by atoms with Gasteiger partial charge in [-0.15, -0.1) is 0 Å². The number of hydrogen-bond acceptors (Lipinski definition) is 5. The molecule has 0 spiro atoms. The van der Waals surface area contributed by atoms with Gasteiger partial charge in [-0.05, 0) is 6.07 Å². The Morgan fingerprint density at radius 2 is 2.18 bits per heavy atom. The summed E-state index contributed by atoms with van der Waals surface area (Å²) in [7, 11) is 0. The summed E-state index contributed by atoms with van der Waals surface area (Å²) in [4.78, 5) is 23.2. The van der Waals surface area contributed by atoms with Crippen LogP contribution in [0.2, 0.25) is 0 Å². The van der Waals surface area contributed by atoms with Crippen LogP contribution in [0.15, 0.2) is 18.2 Å². The molecule has 4 N–H and O–H groups in total. The van der Waals surface area contributed by atoms with Crippen molar-refractivity contribution in [3.63, 3.8) is 0 Å². The summed E-state index contributed by atoms with van der Waals surface area (Å²) < 4.78 is 0. The standard InChI is InChI=1S/C10H12N4O3/c11-6-4-9(15)13(5-6)7-2-1-3-8(10(7)12)14(16)17/h1-3,6H,4-5,11-12H2. The maximum atomic E-state index is 11.6. The second-order valence-electron chi connectivity index (χ2n) is 3.94. The second-order valence-corrected chi connectivity index (χ2v) is 3.94. The lowest BCUT2D eigenvalue weighted by molar-refractivity contribution is -0.383. The van der Waals surface area contributed by atoms with Crippen LogP contribution < -0.4 is 16.4 Å². The molecule has 7 nitrogen and oxygen atoms in total. The van der Waals surface area contributed by atoms with Crippen LogP contribution in [0.4, 0.5) is 17.1 Å². The Morgan fingerprint density at radius 1 is 1.47 bits per heavy atom. The first-order valence-corrected chi connectivity index (χ1v) is 5.09. The number of hydrogen-bond donors (Lipinski definition) is 2. The lowest BCUT2D eigenvalue weighted by Crippen LogP contribution is -2.28. The van der Waals surface area contributed by atoms with Gasteiger partial charge in [0.2, 0.25) is 5.91 Å². The Morgan fingerprint density at radius 3 is 2.71 bits per heavy atom. The zero-order valence-electron chi connectivity index (χ0n) is 9.00. The van der Waals surface area contributed by atoms with Gasteiger partial charge in [0.1, 0.15) is 5.69 Å². The SMILES string of the molecule is Nc1c(N2CC(N)CC2=O)cccc1[N+](=O)[O-]. The van der Waals surface area contributed by atoms with Gasteiger partial charge in [0.25, 0.3) is 5.69 Å². The predicted molar refractivity (Wildman–Crippen MR) is 62.5 cm³/mol. The second kappa shape index (κ2) is 4.02. The van der Waals surface area contributed by atoms with E-state index >= 15 is 0 Å². The summed E-state index contributed by atoms with van der Waals surface area (Å²) in [6.07, 6.45) is 0.238. The van der Waals surface area contributed by atoms with Crippen LogP contribution in [-0.2, 0) is 4.79 Å². The number of carbonyl (C=O) groups excluding carboxylic acids is 1. The fourth-order valence-corrected chi connectivity index (χ4v) is 1.90. The summed E-state index contributed by atoms with van der Waals surface area (Å²) in [6, 6.07) is 4.14. The third-order valence-corrected chi connectivity index (χ3v) is 2.70. The average Bonchev–Trinajstić information content (AvgIpc) is 2.57. The van der Waals surface area contributed by atoms with Gasteiger partial charge in [-0.3, -0.25) is 14.9 Å². The molecule has 1 atom stereocenters. The molecule has 1 amide bonds. The van der Waals surface area contributed by atoms with E-state index in [2.05, 4.69) is 0 Å². The molecule has 2 rings (SSSR count). The number of benzene rings is 1. The molecule has 0 bridgehead atoms. The molecule has 1 aliphatic rings. The maximum Gasteiger partial charge on any atom is 0.294 e. The Labute approximate surface area is 97.1 Å². The molecule has 0 saturated carbocycles. The number of amides is 1. The fraction of sp³-hybridized carbons (Fsp3) is 0.300. The van der Waals surface area contributed by atoms with E-state index in [0.29, 0.717) is 12.2 Å². The third kappa shape index (κ3) is 1.92. The van der Waals surface area contributed by atoms with Crippen LogP contribution >= 0.6 is 0 Å². The van der Waals surface area contributed by atoms with Gasteiger partial charge < -0.3 is 16.4 Å². The van der Waals surface area contributed by atoms with Gasteiger partial charge in [0, 0.05) is 25.1 Å². The summed E-state index contributed by atoms with van der Waals surface area (Å²) in [5.74, 6) is -0.162. The summed E-state index contributed by atoms with van der Waals surface area (Å²) >= 11 is 0. The molecule has 1 saturated heterocycles. The molecular weight excluding hydrogens is 224 g/mol. The van der Waals surface area contributed by atoms with Crippen LogP contribution in [0.25, 0.3) is 0 Å². The number of anilines is 2. The molecule has 1 aliphatic heterocycles. The number of nitrogen functional groups attached to an aromatic ring is 1. The maximum absolute atomic E-state index is 11.6. The van der Waals surface area contributed by atoms with Gasteiger partial charge in [0.15, 0.2) is 0 Å². The lowest BCUT2D eigenvalue weighted by Gasteiger charge is -2.17. The monoisotopic (exact) mass is 236 g/mol. The number of carbonyl (C=O) groups is 1. The lowest BCUT2D eigenvalue weighted by atomic mass is 10.2. The number of nitro benzene ring substituents is 1. The zero-order chi connectivity index (χ0) is 12.6. The number of nitro groups is 1. The van der Waals surface area contributed by atoms with E-state index in [9.17, 15) is 14.9 Å². The number of nitrogens with zero attached hydrogens (tertiary/aromatic N) is 2. The molecule has 1 aromatic carbocycles. The van der Waals surface area contributed by atoms with E-state index in [1.54, 1.807) is 6.07 Å². The van der Waals surface area contributed by atoms with E-state index in [0.717, 1.165) is 0 Å². The van der Waals surface area contributed by atoms with Gasteiger partial charge in [0.05, 0.1) is 10.6 Å². The molecule has 0 aliphatic carbocycles. The first kappa shape index (κ1) is 11.3. The molecule has 7 heteroatoms. The highest BCUT2D eigenvalue weighted by molar-refractivity contribution is 6.00. The molecule has 0 radical (unpaired) electrons. The van der Waals surface area contributed by atoms with E-state index in [-0.39, 0.29) is 29.7 Å². The Hall–Kier alpha value is -2.15. The van der Waals surface area contributed by atoms with Crippen molar-refractivity contribution in [1.82, 2.24) is 0 Å². The summed E-state index contributed by atoms with van der Waals surface area (Å²) in [6.45, 7) is 0.338. The normalized spacial score (nSPS) is 19.7. The molecule has 1 heterocycles. The minimum Gasteiger partial charge on any atom is -0.391 e. The Balaban J connectivity index is 2.43. The van der Waals surface area contributed by atoms with Crippen LogP contribution in [0.1, 0.15) is 6.42 Å². The quantitative estimate of drug-likeness (QED) is 0.433. The van der Waals surface area contributed by atoms with Gasteiger partial charge in [-0.2, -0.15) is 0 Å². The molecule has 1 fully saturated rings. The molecule has 90 valence electrons. The van der Waals surface area contributed by atoms with Crippen molar-refractivity contribution < 1.29 is 9.72 Å². The number of para-hydroxylation sites is 1. The highest BCUT2D eigenvalue weighted by Gasteiger charge is 2.30. The average molecular weight is 236 g/mol. The molecule has 0 aromatic heterocycles. The summed E-state index contributed by atoms with van der Waals surface area (Å²) in [5, 5.41) is 10.7. The van der Waals surface area contributed by atoms with Gasteiger partial charge in [-0.1, -0.05) is 6.07 Å². The third-order valence-electron chi connectivity index (χ3n) is 2.70. The molecule has 1 aromatic rings. The Bertz CT molecular complexity index is 488. The van der Waals surface area contributed by atoms with E-state index in [4.69, 9.17) is 11.5 Å². The van der Waals surface area contributed by atoms with Gasteiger partial charge >= 0.3 is 0 Å². The molecule has 17 heavy (non-hydrogen) atoms. The highest BCUT2D eigenvalue weighted by atomic mass is 16.6. The highest BCUT2D eigenvalue weighted by Crippen LogP contribution is 2.33. The first-order valence-electron chi connectivity index (χ1n) is 5.09. The van der Waals surface area contributed by atoms with Crippen molar-refractivity contribution in [1.29, 1.82) is 0 Å². The van der Waals surface area contributed by atoms with Crippen LogP contribution in [0.5, 0.6) is 0 Å². The largest absolute Gasteiger partial charge is 0.391 e. The summed E-state index contributed by atoms with van der Waals surface area (Å²) in [5.41, 5.74) is 11.5. The van der Waals surface area contributed by atoms with Crippen LogP contribution in [-0.4, -0.2) is 23.4 Å². The van der Waals surface area contributed by atoms with E-state index in [1.165, 1.54) is 17.0 Å². The predicted octanol–water partition coefficient (Wildman–Crippen LogP) is 0.241. The van der Waals surface area contributed by atoms with Crippen molar-refractivity contribution in [2.75, 3.05) is 17.2 Å². The van der Waals surface area contributed by atoms with Crippen molar-refractivity contribution in [3.05, 3.63) is 28.3 Å². The zero-order valence-corrected chi connectivity index (χ0v) is 9.00. The number of nitrogens with two attached hydrogens (primary N) is 2. The van der Waals surface area contributed by atoms with Crippen LogP contribution in [0.3, 0.4) is 0 Å². The fourth-order valence-electron chi connectivity index (χ4n) is 1.90. The van der Waals surface area contributed by atoms with Crippen molar-refractivity contribution in [2.24, 2.45) is 5.73 Å². The first-order chi connectivity index (χ1) is 8.00. The molecule has 1 unspecified atom stereocenters. The van der Waals surface area contributed by atoms with E-state index in [1.807, 2.05) is 0 Å². The minimum atomic E-state index is -0.570. The van der Waals surface area contributed by atoms with Crippen molar-refractivity contribution in [3.8, 4) is 0 Å². The smallest absolute Gasteiger partial charge is 0.294 e. The van der Waals surface area contributed by atoms with Crippen molar-refractivity contribution >= 4 is 23.0 Å². The topological polar surface area (TPSA) is 115 Å².